The second-order valence-electron chi connectivity index (χ2n) is 2.97. The van der Waals surface area contributed by atoms with Crippen LogP contribution in [0.25, 0.3) is 0 Å². The second-order valence-corrected chi connectivity index (χ2v) is 4.99. The molecule has 1 heterocycles. The molecule has 0 fully saturated rings. The lowest BCUT2D eigenvalue weighted by Crippen LogP contribution is -2.22. The number of aryl methyl sites for hydroxylation is 1. The maximum atomic E-state index is 5.87. The number of nitrogens with zero attached hydrogens (tertiary/aromatic N) is 2. The van der Waals surface area contributed by atoms with Crippen LogP contribution in [0, 0.1) is 6.92 Å². The molecule has 0 aliphatic heterocycles. The highest BCUT2D eigenvalue weighted by molar-refractivity contribution is 8.00. The van der Waals surface area contributed by atoms with Crippen LogP contribution in [0.2, 0.25) is 0 Å². The average Bonchev–Trinajstić information content (AvgIpc) is 2.49. The Hall–Kier alpha value is -0.130. The molecule has 1 rings (SSSR count). The predicted molar refractivity (Wildman–Crippen MR) is 58.3 cm³/mol. The van der Waals surface area contributed by atoms with E-state index < -0.39 is 0 Å². The van der Waals surface area contributed by atoms with Crippen molar-refractivity contribution < 1.29 is 0 Å². The molecule has 0 aromatic carbocycles. The van der Waals surface area contributed by atoms with E-state index in [1.807, 2.05) is 6.92 Å². The van der Waals surface area contributed by atoms with Gasteiger partial charge >= 0.3 is 0 Å². The molecule has 0 radical (unpaired) electrons. The van der Waals surface area contributed by atoms with Crippen LogP contribution in [0.1, 0.15) is 25.6 Å². The lowest BCUT2D eigenvalue weighted by Gasteiger charge is -2.06. The average molecular weight is 217 g/mol. The molecule has 0 spiro atoms. The lowest BCUT2D eigenvalue weighted by molar-refractivity contribution is 0.660. The molecule has 0 bridgehead atoms. The van der Waals surface area contributed by atoms with Crippen LogP contribution in [-0.2, 0) is 0 Å². The minimum absolute atomic E-state index is 0.291. The van der Waals surface area contributed by atoms with Gasteiger partial charge in [-0.15, -0.1) is 0 Å². The molecule has 0 saturated heterocycles. The summed E-state index contributed by atoms with van der Waals surface area (Å²) >= 11 is 3.17. The first kappa shape index (κ1) is 10.9. The number of aromatic nitrogens is 2. The van der Waals surface area contributed by atoms with E-state index in [1.54, 1.807) is 11.8 Å². The largest absolute Gasteiger partial charge is 0.327 e. The minimum atomic E-state index is 0.291. The van der Waals surface area contributed by atoms with E-state index in [9.17, 15) is 0 Å². The third-order valence-electron chi connectivity index (χ3n) is 1.59. The van der Waals surface area contributed by atoms with Crippen molar-refractivity contribution in [2.45, 2.75) is 37.1 Å². The summed E-state index contributed by atoms with van der Waals surface area (Å²) in [5.41, 5.74) is 5.87. The van der Waals surface area contributed by atoms with Crippen molar-refractivity contribution >= 4 is 23.3 Å². The van der Waals surface area contributed by atoms with Gasteiger partial charge in [-0.1, -0.05) is 25.1 Å². The molecule has 0 saturated carbocycles. The van der Waals surface area contributed by atoms with Crippen molar-refractivity contribution in [3.05, 3.63) is 5.82 Å². The molecule has 3 nitrogen and oxygen atoms in total. The SMILES string of the molecule is CCCC(N)CSc1nc(C)ns1. The van der Waals surface area contributed by atoms with Gasteiger partial charge in [0.2, 0.25) is 0 Å². The first-order chi connectivity index (χ1) is 6.22. The van der Waals surface area contributed by atoms with Crippen LogP contribution < -0.4 is 5.73 Å². The zero-order chi connectivity index (χ0) is 9.68. The van der Waals surface area contributed by atoms with Crippen LogP contribution in [0.15, 0.2) is 4.34 Å². The summed E-state index contributed by atoms with van der Waals surface area (Å²) < 4.78 is 5.14. The number of nitrogens with two attached hydrogens (primary N) is 1. The Bertz CT molecular complexity index is 249. The van der Waals surface area contributed by atoms with Crippen molar-refractivity contribution in [2.75, 3.05) is 5.75 Å². The van der Waals surface area contributed by atoms with Gasteiger partial charge < -0.3 is 5.73 Å². The van der Waals surface area contributed by atoms with Crippen molar-refractivity contribution in [2.24, 2.45) is 5.73 Å². The summed E-state index contributed by atoms with van der Waals surface area (Å²) in [4.78, 5) is 4.26. The van der Waals surface area contributed by atoms with E-state index in [0.29, 0.717) is 6.04 Å². The van der Waals surface area contributed by atoms with Gasteiger partial charge in [-0.2, -0.15) is 4.37 Å². The highest BCUT2D eigenvalue weighted by atomic mass is 32.2. The van der Waals surface area contributed by atoms with Crippen LogP contribution >= 0.6 is 23.3 Å². The van der Waals surface area contributed by atoms with Crippen molar-refractivity contribution in [3.8, 4) is 0 Å². The highest BCUT2D eigenvalue weighted by Gasteiger charge is 2.05. The van der Waals surface area contributed by atoms with Gasteiger partial charge in [-0.25, -0.2) is 4.98 Å². The first-order valence-corrected chi connectivity index (χ1v) is 6.17. The van der Waals surface area contributed by atoms with E-state index in [-0.39, 0.29) is 0 Å². The topological polar surface area (TPSA) is 51.8 Å². The molecule has 0 amide bonds. The molecule has 5 heteroatoms. The van der Waals surface area contributed by atoms with Gasteiger partial charge in [-0.3, -0.25) is 0 Å². The fourth-order valence-electron chi connectivity index (χ4n) is 0.969. The standard InChI is InChI=1S/C8H15N3S2/c1-3-4-7(9)5-12-8-10-6(2)11-13-8/h7H,3-5,9H2,1-2H3. The smallest absolute Gasteiger partial charge is 0.170 e. The van der Waals surface area contributed by atoms with Gasteiger partial charge in [-0.05, 0) is 24.9 Å². The molecular weight excluding hydrogens is 202 g/mol. The molecule has 0 aliphatic carbocycles. The summed E-state index contributed by atoms with van der Waals surface area (Å²) in [5, 5.41) is 0. The van der Waals surface area contributed by atoms with Gasteiger partial charge in [0.1, 0.15) is 5.82 Å². The normalized spacial score (nSPS) is 13.2. The first-order valence-electron chi connectivity index (χ1n) is 4.41. The van der Waals surface area contributed by atoms with Crippen LogP contribution in [-0.4, -0.2) is 21.2 Å². The van der Waals surface area contributed by atoms with Crippen LogP contribution in [0.5, 0.6) is 0 Å². The van der Waals surface area contributed by atoms with Gasteiger partial charge in [0.25, 0.3) is 0 Å². The molecule has 13 heavy (non-hydrogen) atoms. The molecular formula is C8H15N3S2. The quantitative estimate of drug-likeness (QED) is 0.767. The third kappa shape index (κ3) is 4.06. The maximum absolute atomic E-state index is 5.87. The molecule has 1 unspecified atom stereocenters. The van der Waals surface area contributed by atoms with Crippen LogP contribution in [0.4, 0.5) is 0 Å². The zero-order valence-electron chi connectivity index (χ0n) is 7.99. The van der Waals surface area contributed by atoms with Crippen molar-refractivity contribution in [1.29, 1.82) is 0 Å². The summed E-state index contributed by atoms with van der Waals surface area (Å²) in [5.74, 6) is 1.80. The summed E-state index contributed by atoms with van der Waals surface area (Å²) in [6.45, 7) is 4.06. The summed E-state index contributed by atoms with van der Waals surface area (Å²) in [6, 6.07) is 0.291. The third-order valence-corrected chi connectivity index (χ3v) is 3.70. The maximum Gasteiger partial charge on any atom is 0.170 e. The Morgan fingerprint density at radius 3 is 2.92 bits per heavy atom. The van der Waals surface area contributed by atoms with Gasteiger partial charge in [0.05, 0.1) is 0 Å². The van der Waals surface area contributed by atoms with Crippen LogP contribution in [0.3, 0.4) is 0 Å². The summed E-state index contributed by atoms with van der Waals surface area (Å²) in [7, 11) is 0. The number of hydrogen-bond acceptors (Lipinski definition) is 5. The Morgan fingerprint density at radius 1 is 1.62 bits per heavy atom. The highest BCUT2D eigenvalue weighted by Crippen LogP contribution is 2.20. The lowest BCUT2D eigenvalue weighted by atomic mass is 10.2. The fourth-order valence-corrected chi connectivity index (χ4v) is 2.64. The Kier molecular flexibility index (Phi) is 4.69. The van der Waals surface area contributed by atoms with Gasteiger partial charge in [0, 0.05) is 11.8 Å². The molecule has 1 aromatic heterocycles. The van der Waals surface area contributed by atoms with Crippen molar-refractivity contribution in [1.82, 2.24) is 9.36 Å². The minimum Gasteiger partial charge on any atom is -0.327 e. The molecule has 74 valence electrons. The Labute approximate surface area is 87.3 Å². The number of rotatable bonds is 5. The predicted octanol–water partition coefficient (Wildman–Crippen LogP) is 2.07. The van der Waals surface area contributed by atoms with E-state index in [1.165, 1.54) is 11.5 Å². The molecule has 1 atom stereocenters. The number of hydrogen-bond donors (Lipinski definition) is 1. The Morgan fingerprint density at radius 2 is 2.38 bits per heavy atom. The fraction of sp³-hybridized carbons (Fsp3) is 0.750. The molecule has 0 aliphatic rings. The van der Waals surface area contributed by atoms with E-state index >= 15 is 0 Å². The molecule has 1 aromatic rings. The second kappa shape index (κ2) is 5.57. The van der Waals surface area contributed by atoms with Crippen molar-refractivity contribution in [3.63, 3.8) is 0 Å². The zero-order valence-corrected chi connectivity index (χ0v) is 9.62. The summed E-state index contributed by atoms with van der Waals surface area (Å²) in [6.07, 6.45) is 2.24. The van der Waals surface area contributed by atoms with E-state index in [0.717, 1.165) is 28.8 Å². The van der Waals surface area contributed by atoms with Gasteiger partial charge in [0.15, 0.2) is 4.34 Å². The molecule has 2 N–H and O–H groups in total. The van der Waals surface area contributed by atoms with E-state index in [2.05, 4.69) is 16.3 Å². The Balaban J connectivity index is 2.26. The van der Waals surface area contributed by atoms with E-state index in [4.69, 9.17) is 5.73 Å². The number of thioether (sulfide) groups is 1. The monoisotopic (exact) mass is 217 g/mol.